The van der Waals surface area contributed by atoms with Gasteiger partial charge in [0.1, 0.15) is 0 Å². The molecule has 1 atom stereocenters. The third kappa shape index (κ3) is 7.66. The van der Waals surface area contributed by atoms with Gasteiger partial charge in [0, 0.05) is 13.0 Å². The van der Waals surface area contributed by atoms with Crippen LogP contribution in [0, 0.1) is 11.7 Å². The van der Waals surface area contributed by atoms with E-state index in [2.05, 4.69) is 10.6 Å². The summed E-state index contributed by atoms with van der Waals surface area (Å²) in [5, 5.41) is 6.32. The molecule has 6 heteroatoms. The van der Waals surface area contributed by atoms with E-state index in [0.717, 1.165) is 26.1 Å². The van der Waals surface area contributed by atoms with Crippen molar-refractivity contribution in [1.82, 2.24) is 10.6 Å². The Hall–Kier alpha value is -1.33. The molecule has 1 aliphatic rings. The lowest BCUT2D eigenvalue weighted by atomic mass is 9.96. The van der Waals surface area contributed by atoms with Crippen molar-refractivity contribution in [2.24, 2.45) is 5.92 Å². The van der Waals surface area contributed by atoms with Gasteiger partial charge in [-0.05, 0) is 56.8 Å². The lowest BCUT2D eigenvalue weighted by Gasteiger charge is -2.22. The van der Waals surface area contributed by atoms with Crippen LogP contribution in [-0.4, -0.2) is 32.1 Å². The van der Waals surface area contributed by atoms with Gasteiger partial charge >= 0.3 is 0 Å². The lowest BCUT2D eigenvalue weighted by molar-refractivity contribution is -0.121. The van der Waals surface area contributed by atoms with Crippen molar-refractivity contribution < 1.29 is 13.9 Å². The van der Waals surface area contributed by atoms with Gasteiger partial charge in [0.15, 0.2) is 11.6 Å². The molecule has 1 aromatic carbocycles. The summed E-state index contributed by atoms with van der Waals surface area (Å²) < 4.78 is 18.6. The average molecular weight is 345 g/mol. The molecule has 1 amide bonds. The number of hydrogen-bond donors (Lipinski definition) is 2. The summed E-state index contributed by atoms with van der Waals surface area (Å²) in [7, 11) is 0. The highest BCUT2D eigenvalue weighted by Gasteiger charge is 2.12. The monoisotopic (exact) mass is 344 g/mol. The Morgan fingerprint density at radius 1 is 1.39 bits per heavy atom. The van der Waals surface area contributed by atoms with Gasteiger partial charge in [0.05, 0.1) is 6.61 Å². The Morgan fingerprint density at radius 2 is 2.22 bits per heavy atom. The molecule has 4 nitrogen and oxygen atoms in total. The second-order valence-corrected chi connectivity index (χ2v) is 5.73. The maximum atomic E-state index is 13.3. The first-order valence-electron chi connectivity index (χ1n) is 8.10. The van der Waals surface area contributed by atoms with Gasteiger partial charge in [-0.1, -0.05) is 12.1 Å². The molecule has 1 unspecified atom stereocenters. The first-order chi connectivity index (χ1) is 10.8. The van der Waals surface area contributed by atoms with Crippen molar-refractivity contribution in [3.05, 3.63) is 30.1 Å². The van der Waals surface area contributed by atoms with Gasteiger partial charge in [-0.25, -0.2) is 4.39 Å². The topological polar surface area (TPSA) is 50.4 Å². The molecule has 0 aromatic heterocycles. The molecule has 130 valence electrons. The molecule has 1 aromatic rings. The fourth-order valence-corrected chi connectivity index (χ4v) is 2.65. The fourth-order valence-electron chi connectivity index (χ4n) is 2.65. The molecular formula is C17H26ClFN2O2. The smallest absolute Gasteiger partial charge is 0.220 e. The van der Waals surface area contributed by atoms with Gasteiger partial charge in [-0.15, -0.1) is 12.4 Å². The largest absolute Gasteiger partial charge is 0.491 e. The van der Waals surface area contributed by atoms with Crippen LogP contribution >= 0.6 is 12.4 Å². The van der Waals surface area contributed by atoms with Crippen molar-refractivity contribution in [1.29, 1.82) is 0 Å². The van der Waals surface area contributed by atoms with Crippen molar-refractivity contribution in [2.75, 3.05) is 26.2 Å². The number of nitrogens with one attached hydrogen (secondary N) is 2. The van der Waals surface area contributed by atoms with Crippen molar-refractivity contribution >= 4 is 18.3 Å². The number of carbonyl (C=O) groups is 1. The summed E-state index contributed by atoms with van der Waals surface area (Å²) in [6.07, 6.45) is 4.51. The number of piperidine rings is 1. The third-order valence-electron chi connectivity index (χ3n) is 3.92. The molecule has 1 fully saturated rings. The minimum absolute atomic E-state index is 0. The van der Waals surface area contributed by atoms with Crippen LogP contribution < -0.4 is 15.4 Å². The molecule has 2 N–H and O–H groups in total. The quantitative estimate of drug-likeness (QED) is 0.713. The zero-order chi connectivity index (χ0) is 15.6. The van der Waals surface area contributed by atoms with Gasteiger partial charge in [0.25, 0.3) is 0 Å². The molecular weight excluding hydrogens is 319 g/mol. The van der Waals surface area contributed by atoms with Gasteiger partial charge in [0.2, 0.25) is 5.91 Å². The summed E-state index contributed by atoms with van der Waals surface area (Å²) >= 11 is 0. The summed E-state index contributed by atoms with van der Waals surface area (Å²) in [4.78, 5) is 11.7. The molecule has 0 radical (unpaired) electrons. The Kier molecular flexibility index (Phi) is 9.64. The second kappa shape index (κ2) is 11.2. The van der Waals surface area contributed by atoms with Crippen LogP contribution in [0.4, 0.5) is 4.39 Å². The van der Waals surface area contributed by atoms with E-state index >= 15 is 0 Å². The minimum atomic E-state index is -0.368. The lowest BCUT2D eigenvalue weighted by Crippen LogP contribution is -2.33. The van der Waals surface area contributed by atoms with Crippen LogP contribution in [0.1, 0.15) is 32.1 Å². The first kappa shape index (κ1) is 19.7. The molecule has 0 saturated carbocycles. The highest BCUT2D eigenvalue weighted by atomic mass is 35.5. The van der Waals surface area contributed by atoms with E-state index in [9.17, 15) is 9.18 Å². The predicted molar refractivity (Wildman–Crippen MR) is 91.6 cm³/mol. The number of carbonyl (C=O) groups excluding carboxylic acids is 1. The Bertz CT molecular complexity index is 468. The second-order valence-electron chi connectivity index (χ2n) is 5.73. The van der Waals surface area contributed by atoms with Gasteiger partial charge in [-0.2, -0.15) is 0 Å². The van der Waals surface area contributed by atoms with E-state index in [-0.39, 0.29) is 29.9 Å². The third-order valence-corrected chi connectivity index (χ3v) is 3.92. The average Bonchev–Trinajstić information content (AvgIpc) is 2.54. The predicted octanol–water partition coefficient (Wildman–Crippen LogP) is 2.91. The van der Waals surface area contributed by atoms with Crippen LogP contribution in [0.3, 0.4) is 0 Å². The summed E-state index contributed by atoms with van der Waals surface area (Å²) in [6.45, 7) is 3.26. The van der Waals surface area contributed by atoms with Crippen LogP contribution in [-0.2, 0) is 4.79 Å². The summed E-state index contributed by atoms with van der Waals surface area (Å²) in [5.74, 6) is 0.597. The maximum absolute atomic E-state index is 13.3. The van der Waals surface area contributed by atoms with E-state index in [4.69, 9.17) is 4.74 Å². The van der Waals surface area contributed by atoms with Crippen molar-refractivity contribution in [3.8, 4) is 5.75 Å². The molecule has 0 bridgehead atoms. The molecule has 0 aliphatic carbocycles. The van der Waals surface area contributed by atoms with Crippen LogP contribution in [0.15, 0.2) is 24.3 Å². The molecule has 1 aliphatic heterocycles. The van der Waals surface area contributed by atoms with E-state index in [1.165, 1.54) is 18.9 Å². The van der Waals surface area contributed by atoms with E-state index < -0.39 is 0 Å². The fraction of sp³-hybridized carbons (Fsp3) is 0.588. The molecule has 2 rings (SSSR count). The molecule has 1 heterocycles. The Labute approximate surface area is 143 Å². The maximum Gasteiger partial charge on any atom is 0.220 e. The summed E-state index contributed by atoms with van der Waals surface area (Å²) in [6, 6.07) is 6.30. The van der Waals surface area contributed by atoms with Crippen molar-refractivity contribution in [2.45, 2.75) is 32.1 Å². The number of halogens is 2. The van der Waals surface area contributed by atoms with Crippen LogP contribution in [0.25, 0.3) is 0 Å². The number of hydrogen-bond acceptors (Lipinski definition) is 3. The highest BCUT2D eigenvalue weighted by Crippen LogP contribution is 2.15. The number of amides is 1. The number of rotatable bonds is 8. The zero-order valence-electron chi connectivity index (χ0n) is 13.4. The van der Waals surface area contributed by atoms with E-state index in [0.29, 0.717) is 25.4 Å². The summed E-state index contributed by atoms with van der Waals surface area (Å²) in [5.41, 5.74) is 0. The van der Waals surface area contributed by atoms with Gasteiger partial charge < -0.3 is 15.4 Å². The van der Waals surface area contributed by atoms with E-state index in [1.54, 1.807) is 18.2 Å². The standard InChI is InChI=1S/C17H25FN2O2.ClH/c18-15-6-1-2-7-16(15)22-12-4-8-17(21)20-11-9-14-5-3-10-19-13-14;/h1-2,6-7,14,19H,3-5,8-13H2,(H,20,21);1H. The molecule has 23 heavy (non-hydrogen) atoms. The van der Waals surface area contributed by atoms with Crippen LogP contribution in [0.5, 0.6) is 5.75 Å². The van der Waals surface area contributed by atoms with Crippen molar-refractivity contribution in [3.63, 3.8) is 0 Å². The van der Waals surface area contributed by atoms with Gasteiger partial charge in [-0.3, -0.25) is 4.79 Å². The highest BCUT2D eigenvalue weighted by molar-refractivity contribution is 5.85. The Balaban J connectivity index is 0.00000264. The minimum Gasteiger partial charge on any atom is -0.491 e. The SMILES string of the molecule is Cl.O=C(CCCOc1ccccc1F)NCCC1CCCNC1. The van der Waals surface area contributed by atoms with Crippen LogP contribution in [0.2, 0.25) is 0 Å². The normalized spacial score (nSPS) is 17.2. The Morgan fingerprint density at radius 3 is 2.96 bits per heavy atom. The zero-order valence-corrected chi connectivity index (χ0v) is 14.2. The van der Waals surface area contributed by atoms with E-state index in [1.807, 2.05) is 0 Å². The number of benzene rings is 1. The first-order valence-corrected chi connectivity index (χ1v) is 8.10. The number of para-hydroxylation sites is 1. The molecule has 1 saturated heterocycles. The number of ether oxygens (including phenoxy) is 1. The molecule has 0 spiro atoms.